The number of para-hydroxylation sites is 1. The fraction of sp³-hybridized carbons (Fsp3) is 0.130. The van der Waals surface area contributed by atoms with Gasteiger partial charge >= 0.3 is 0 Å². The lowest BCUT2D eigenvalue weighted by Gasteiger charge is -2.10. The van der Waals surface area contributed by atoms with Crippen molar-refractivity contribution < 1.29 is 9.32 Å². The fourth-order valence-corrected chi connectivity index (χ4v) is 3.80. The van der Waals surface area contributed by atoms with Gasteiger partial charge in [-0.1, -0.05) is 41.1 Å². The third-order valence-electron chi connectivity index (χ3n) is 5.30. The van der Waals surface area contributed by atoms with Crippen molar-refractivity contribution >= 4 is 33.5 Å². The van der Waals surface area contributed by atoms with E-state index in [1.165, 1.54) is 4.68 Å². The number of carbonyl (C=O) groups is 1. The van der Waals surface area contributed by atoms with Crippen LogP contribution >= 0.6 is 0 Å². The van der Waals surface area contributed by atoms with Crippen LogP contribution in [0.5, 0.6) is 0 Å². The van der Waals surface area contributed by atoms with Crippen molar-refractivity contribution in [2.24, 2.45) is 7.05 Å². The van der Waals surface area contributed by atoms with Gasteiger partial charge in [0.2, 0.25) is 0 Å². The minimum absolute atomic E-state index is 0.132. The van der Waals surface area contributed by atoms with Gasteiger partial charge in [0.15, 0.2) is 11.5 Å². The standard InChI is InChI=1S/C23H19N5O3/c1-13-8-10-15(11-9-13)28-23(30)21-19(16-6-4-5-7-17(16)27(21)3)20(25-28)22(29)24-18-12-14(2)31-26-18/h4-12H,1-3H3,(H,24,26,29). The molecule has 0 atom stereocenters. The van der Waals surface area contributed by atoms with Gasteiger partial charge in [-0.2, -0.15) is 9.78 Å². The highest BCUT2D eigenvalue weighted by molar-refractivity contribution is 6.19. The molecule has 8 heteroatoms. The van der Waals surface area contributed by atoms with Gasteiger partial charge in [0, 0.05) is 29.4 Å². The maximum absolute atomic E-state index is 13.5. The van der Waals surface area contributed by atoms with E-state index in [2.05, 4.69) is 15.6 Å². The highest BCUT2D eigenvalue weighted by Gasteiger charge is 2.24. The molecular formula is C23H19N5O3. The van der Waals surface area contributed by atoms with Gasteiger partial charge in [0.25, 0.3) is 11.5 Å². The molecule has 3 aromatic heterocycles. The van der Waals surface area contributed by atoms with Crippen LogP contribution in [0.25, 0.3) is 27.5 Å². The number of rotatable bonds is 3. The molecule has 0 bridgehead atoms. The number of aromatic nitrogens is 4. The largest absolute Gasteiger partial charge is 0.360 e. The van der Waals surface area contributed by atoms with Gasteiger partial charge in [-0.25, -0.2) is 0 Å². The SMILES string of the molecule is Cc1ccc(-n2nc(C(=O)Nc3cc(C)on3)c3c4ccccc4n(C)c3c2=O)cc1. The summed E-state index contributed by atoms with van der Waals surface area (Å²) in [6.07, 6.45) is 0. The molecule has 8 nitrogen and oxygen atoms in total. The van der Waals surface area contributed by atoms with E-state index in [1.807, 2.05) is 50.4 Å². The quantitative estimate of drug-likeness (QED) is 0.486. The van der Waals surface area contributed by atoms with E-state index in [0.29, 0.717) is 22.4 Å². The lowest BCUT2D eigenvalue weighted by atomic mass is 10.1. The molecule has 0 radical (unpaired) electrons. The van der Waals surface area contributed by atoms with Gasteiger partial charge < -0.3 is 14.4 Å². The summed E-state index contributed by atoms with van der Waals surface area (Å²) < 4.78 is 8.11. The number of hydrogen-bond donors (Lipinski definition) is 1. The van der Waals surface area contributed by atoms with E-state index in [1.54, 1.807) is 29.7 Å². The molecule has 3 heterocycles. The molecule has 154 valence electrons. The molecule has 0 unspecified atom stereocenters. The molecule has 5 aromatic rings. The Bertz CT molecular complexity index is 1520. The van der Waals surface area contributed by atoms with Crippen molar-refractivity contribution in [3.05, 3.63) is 82.0 Å². The molecule has 1 amide bonds. The number of anilines is 1. The summed E-state index contributed by atoms with van der Waals surface area (Å²) in [7, 11) is 1.81. The van der Waals surface area contributed by atoms with E-state index in [-0.39, 0.29) is 17.1 Å². The second-order valence-electron chi connectivity index (χ2n) is 7.48. The van der Waals surface area contributed by atoms with Crippen molar-refractivity contribution in [1.82, 2.24) is 19.5 Å². The average molecular weight is 413 g/mol. The number of aryl methyl sites for hydroxylation is 3. The first-order valence-electron chi connectivity index (χ1n) is 9.76. The minimum Gasteiger partial charge on any atom is -0.360 e. The first kappa shape index (κ1) is 18.8. The number of fused-ring (bicyclic) bond motifs is 3. The summed E-state index contributed by atoms with van der Waals surface area (Å²) in [5.74, 6) is 0.379. The smallest absolute Gasteiger partial charge is 0.296 e. The zero-order valence-corrected chi connectivity index (χ0v) is 17.2. The molecule has 0 fully saturated rings. The molecular weight excluding hydrogens is 394 g/mol. The Balaban J connectivity index is 1.82. The summed E-state index contributed by atoms with van der Waals surface area (Å²) in [5, 5.41) is 12.3. The van der Waals surface area contributed by atoms with Gasteiger partial charge in [0.1, 0.15) is 11.3 Å². The fourth-order valence-electron chi connectivity index (χ4n) is 3.80. The number of amides is 1. The molecule has 31 heavy (non-hydrogen) atoms. The number of benzene rings is 2. The van der Waals surface area contributed by atoms with E-state index in [4.69, 9.17) is 4.52 Å². The van der Waals surface area contributed by atoms with Crippen molar-refractivity contribution in [1.29, 1.82) is 0 Å². The molecule has 2 aromatic carbocycles. The van der Waals surface area contributed by atoms with Crippen molar-refractivity contribution in [2.45, 2.75) is 13.8 Å². The minimum atomic E-state index is -0.476. The van der Waals surface area contributed by atoms with Gasteiger partial charge in [-0.15, -0.1) is 0 Å². The Hall–Kier alpha value is -4.20. The monoisotopic (exact) mass is 413 g/mol. The predicted molar refractivity (Wildman–Crippen MR) is 118 cm³/mol. The number of nitrogens with zero attached hydrogens (tertiary/aromatic N) is 4. The molecule has 5 rings (SSSR count). The number of carbonyl (C=O) groups excluding carboxylic acids is 1. The lowest BCUT2D eigenvalue weighted by Crippen LogP contribution is -2.27. The Morgan fingerprint density at radius 2 is 1.81 bits per heavy atom. The summed E-state index contributed by atoms with van der Waals surface area (Å²) in [5.41, 5.74) is 2.71. The first-order valence-corrected chi connectivity index (χ1v) is 9.76. The molecule has 0 saturated heterocycles. The van der Waals surface area contributed by atoms with Crippen molar-refractivity contribution in [2.75, 3.05) is 5.32 Å². The van der Waals surface area contributed by atoms with Crippen molar-refractivity contribution in [3.8, 4) is 5.69 Å². The van der Waals surface area contributed by atoms with E-state index in [0.717, 1.165) is 16.5 Å². The Morgan fingerprint density at radius 3 is 2.52 bits per heavy atom. The molecule has 0 saturated carbocycles. The van der Waals surface area contributed by atoms with E-state index >= 15 is 0 Å². The number of hydrogen-bond acceptors (Lipinski definition) is 5. The summed E-state index contributed by atoms with van der Waals surface area (Å²) >= 11 is 0. The first-order chi connectivity index (χ1) is 14.9. The van der Waals surface area contributed by atoms with Crippen LogP contribution in [-0.4, -0.2) is 25.4 Å². The number of nitrogens with one attached hydrogen (secondary N) is 1. The summed E-state index contributed by atoms with van der Waals surface area (Å²) in [6.45, 7) is 3.70. The molecule has 0 aliphatic rings. The second-order valence-corrected chi connectivity index (χ2v) is 7.48. The molecule has 0 aliphatic heterocycles. The third-order valence-corrected chi connectivity index (χ3v) is 5.30. The molecule has 0 aliphatic carbocycles. The zero-order valence-electron chi connectivity index (χ0n) is 17.2. The lowest BCUT2D eigenvalue weighted by molar-refractivity contribution is 0.102. The summed E-state index contributed by atoms with van der Waals surface area (Å²) in [4.78, 5) is 26.7. The van der Waals surface area contributed by atoms with Crippen LogP contribution in [0.4, 0.5) is 5.82 Å². The van der Waals surface area contributed by atoms with Crippen LogP contribution < -0.4 is 10.9 Å². The van der Waals surface area contributed by atoms with Crippen LogP contribution in [-0.2, 0) is 7.05 Å². The predicted octanol–water partition coefficient (Wildman–Crippen LogP) is 3.73. The normalized spacial score (nSPS) is 11.3. The van der Waals surface area contributed by atoms with Gasteiger partial charge in [-0.05, 0) is 32.0 Å². The average Bonchev–Trinajstić information content (AvgIpc) is 3.30. The van der Waals surface area contributed by atoms with Crippen LogP contribution in [0.1, 0.15) is 21.8 Å². The zero-order chi connectivity index (χ0) is 21.7. The summed E-state index contributed by atoms with van der Waals surface area (Å²) in [6, 6.07) is 16.6. The highest BCUT2D eigenvalue weighted by Crippen LogP contribution is 2.28. The maximum atomic E-state index is 13.5. The molecule has 1 N–H and O–H groups in total. The Morgan fingerprint density at radius 1 is 1.06 bits per heavy atom. The Kier molecular flexibility index (Phi) is 4.21. The van der Waals surface area contributed by atoms with E-state index < -0.39 is 5.91 Å². The van der Waals surface area contributed by atoms with Crippen LogP contribution in [0, 0.1) is 13.8 Å². The second kappa shape index (κ2) is 6.94. The highest BCUT2D eigenvalue weighted by atomic mass is 16.5. The third kappa shape index (κ3) is 3.00. The molecule has 0 spiro atoms. The van der Waals surface area contributed by atoms with Crippen LogP contribution in [0.2, 0.25) is 0 Å². The maximum Gasteiger partial charge on any atom is 0.296 e. The Labute approximate surface area is 176 Å². The van der Waals surface area contributed by atoms with Crippen LogP contribution in [0.3, 0.4) is 0 Å². The van der Waals surface area contributed by atoms with Gasteiger partial charge in [0.05, 0.1) is 5.69 Å². The topological polar surface area (TPSA) is 94.9 Å². The van der Waals surface area contributed by atoms with Gasteiger partial charge in [-0.3, -0.25) is 9.59 Å². The van der Waals surface area contributed by atoms with Crippen molar-refractivity contribution in [3.63, 3.8) is 0 Å². The van der Waals surface area contributed by atoms with E-state index in [9.17, 15) is 9.59 Å². The van der Waals surface area contributed by atoms with Crippen LogP contribution in [0.15, 0.2) is 63.9 Å².